The molecule has 0 unspecified atom stereocenters. The van der Waals surface area contributed by atoms with Gasteiger partial charge in [-0.05, 0) is 43.3 Å². The monoisotopic (exact) mass is 373 g/mol. The van der Waals surface area contributed by atoms with Crippen molar-refractivity contribution >= 4 is 11.5 Å². The summed E-state index contributed by atoms with van der Waals surface area (Å²) in [5.74, 6) is 0.461. The lowest BCUT2D eigenvalue weighted by atomic mass is 10.1. The van der Waals surface area contributed by atoms with Crippen LogP contribution in [0.5, 0.6) is 5.75 Å². The number of Topliss-reactive ketones (excluding diaryl/α,β-unsaturated/α-hetero) is 1. The SMILES string of the molecule is CC(=O)c1ccc(OC[C@H](O)C[NH+]2CCN(c3ccccc3F)CC2)cc1. The summed E-state index contributed by atoms with van der Waals surface area (Å²) in [6.45, 7) is 5.54. The number of rotatable bonds is 7. The first-order valence-electron chi connectivity index (χ1n) is 9.28. The van der Waals surface area contributed by atoms with Crippen molar-refractivity contribution in [3.8, 4) is 5.75 Å². The second-order valence-corrected chi connectivity index (χ2v) is 6.94. The molecular weight excluding hydrogens is 347 g/mol. The molecule has 2 aromatic rings. The number of quaternary nitrogens is 1. The molecule has 0 aliphatic carbocycles. The molecule has 27 heavy (non-hydrogen) atoms. The Morgan fingerprint density at radius 1 is 1.19 bits per heavy atom. The third-order valence-electron chi connectivity index (χ3n) is 4.89. The fourth-order valence-electron chi connectivity index (χ4n) is 3.35. The molecule has 1 fully saturated rings. The normalized spacial score (nSPS) is 16.2. The van der Waals surface area contributed by atoms with Gasteiger partial charge in [-0.15, -0.1) is 0 Å². The van der Waals surface area contributed by atoms with Gasteiger partial charge in [0.15, 0.2) is 5.78 Å². The first-order valence-corrected chi connectivity index (χ1v) is 9.28. The molecule has 0 spiro atoms. The van der Waals surface area contributed by atoms with Crippen molar-refractivity contribution in [3.63, 3.8) is 0 Å². The fraction of sp³-hybridized carbons (Fsp3) is 0.381. The van der Waals surface area contributed by atoms with Crippen LogP contribution in [0.2, 0.25) is 0 Å². The molecule has 0 saturated carbocycles. The molecule has 1 saturated heterocycles. The van der Waals surface area contributed by atoms with Crippen LogP contribution in [-0.4, -0.2) is 56.3 Å². The number of aliphatic hydroxyl groups is 1. The zero-order valence-corrected chi connectivity index (χ0v) is 15.5. The number of nitrogens with one attached hydrogen (secondary N) is 1. The highest BCUT2D eigenvalue weighted by atomic mass is 19.1. The number of piperazine rings is 1. The molecular formula is C21H26FN2O3+. The summed E-state index contributed by atoms with van der Waals surface area (Å²) in [7, 11) is 0. The van der Waals surface area contributed by atoms with Gasteiger partial charge in [0.2, 0.25) is 0 Å². The van der Waals surface area contributed by atoms with Gasteiger partial charge in [-0.25, -0.2) is 4.39 Å². The number of anilines is 1. The van der Waals surface area contributed by atoms with E-state index >= 15 is 0 Å². The molecule has 5 nitrogen and oxygen atoms in total. The predicted octanol–water partition coefficient (Wildman–Crippen LogP) is 1.17. The lowest BCUT2D eigenvalue weighted by molar-refractivity contribution is -0.903. The maximum Gasteiger partial charge on any atom is 0.159 e. The maximum atomic E-state index is 13.9. The van der Waals surface area contributed by atoms with Crippen LogP contribution in [0.1, 0.15) is 17.3 Å². The Labute approximate surface area is 159 Å². The zero-order valence-electron chi connectivity index (χ0n) is 15.5. The Morgan fingerprint density at radius 3 is 2.48 bits per heavy atom. The van der Waals surface area contributed by atoms with E-state index in [0.29, 0.717) is 23.5 Å². The Morgan fingerprint density at radius 2 is 1.85 bits per heavy atom. The average Bonchev–Trinajstić information content (AvgIpc) is 2.68. The molecule has 2 aromatic carbocycles. The molecule has 1 aliphatic rings. The number of ether oxygens (including phenoxy) is 1. The van der Waals surface area contributed by atoms with Crippen LogP contribution in [0.25, 0.3) is 0 Å². The van der Waals surface area contributed by atoms with Crippen molar-refractivity contribution in [2.24, 2.45) is 0 Å². The van der Waals surface area contributed by atoms with Crippen molar-refractivity contribution in [1.82, 2.24) is 0 Å². The van der Waals surface area contributed by atoms with Crippen molar-refractivity contribution in [1.29, 1.82) is 0 Å². The zero-order chi connectivity index (χ0) is 19.2. The first kappa shape index (κ1) is 19.3. The van der Waals surface area contributed by atoms with Gasteiger partial charge in [-0.1, -0.05) is 12.1 Å². The summed E-state index contributed by atoms with van der Waals surface area (Å²) < 4.78 is 19.5. The number of hydrogen-bond acceptors (Lipinski definition) is 4. The van der Waals surface area contributed by atoms with Crippen LogP contribution >= 0.6 is 0 Å². The standard InChI is InChI=1S/C21H25FN2O3/c1-16(25)17-6-8-19(9-7-17)27-15-18(26)14-23-10-12-24(13-11-23)21-5-3-2-4-20(21)22/h2-9,18,26H,10-15H2,1H3/p+1/t18-/m1/s1. The Hall–Kier alpha value is -2.44. The van der Waals surface area contributed by atoms with Crippen LogP contribution in [0, 0.1) is 5.82 Å². The number of carbonyl (C=O) groups is 1. The minimum Gasteiger partial charge on any atom is -0.491 e. The molecule has 0 radical (unpaired) electrons. The second kappa shape index (κ2) is 8.97. The predicted molar refractivity (Wildman–Crippen MR) is 102 cm³/mol. The maximum absolute atomic E-state index is 13.9. The van der Waals surface area contributed by atoms with Gasteiger partial charge in [0, 0.05) is 5.56 Å². The quantitative estimate of drug-likeness (QED) is 0.716. The molecule has 0 aromatic heterocycles. The van der Waals surface area contributed by atoms with E-state index in [1.165, 1.54) is 17.9 Å². The fourth-order valence-corrected chi connectivity index (χ4v) is 3.35. The van der Waals surface area contributed by atoms with E-state index in [4.69, 9.17) is 4.74 Å². The van der Waals surface area contributed by atoms with Gasteiger partial charge >= 0.3 is 0 Å². The molecule has 144 valence electrons. The number of aliphatic hydroxyl groups excluding tert-OH is 1. The molecule has 1 atom stereocenters. The number of nitrogens with zero attached hydrogens (tertiary/aromatic N) is 1. The van der Waals surface area contributed by atoms with Crippen LogP contribution in [-0.2, 0) is 0 Å². The van der Waals surface area contributed by atoms with Gasteiger partial charge < -0.3 is 19.6 Å². The van der Waals surface area contributed by atoms with E-state index in [2.05, 4.69) is 4.90 Å². The van der Waals surface area contributed by atoms with Crippen molar-refractivity contribution < 1.29 is 23.9 Å². The summed E-state index contributed by atoms with van der Waals surface area (Å²) in [6.07, 6.45) is -0.576. The topological polar surface area (TPSA) is 54.2 Å². The van der Waals surface area contributed by atoms with E-state index in [-0.39, 0.29) is 18.2 Å². The third kappa shape index (κ3) is 5.28. The minimum atomic E-state index is -0.576. The van der Waals surface area contributed by atoms with Crippen molar-refractivity contribution in [2.45, 2.75) is 13.0 Å². The van der Waals surface area contributed by atoms with Crippen LogP contribution < -0.4 is 14.5 Å². The van der Waals surface area contributed by atoms with Gasteiger partial charge in [-0.2, -0.15) is 0 Å². The summed E-state index contributed by atoms with van der Waals surface area (Å²) in [6, 6.07) is 13.8. The average molecular weight is 373 g/mol. The van der Waals surface area contributed by atoms with Crippen LogP contribution in [0.3, 0.4) is 0 Å². The van der Waals surface area contributed by atoms with Gasteiger partial charge in [0.05, 0.1) is 31.9 Å². The van der Waals surface area contributed by atoms with E-state index in [0.717, 1.165) is 26.2 Å². The molecule has 3 rings (SSSR count). The van der Waals surface area contributed by atoms with Crippen LogP contribution in [0.4, 0.5) is 10.1 Å². The van der Waals surface area contributed by atoms with E-state index in [1.807, 2.05) is 6.07 Å². The van der Waals surface area contributed by atoms with Gasteiger partial charge in [0.25, 0.3) is 0 Å². The molecule has 0 amide bonds. The van der Waals surface area contributed by atoms with Crippen molar-refractivity contribution in [2.75, 3.05) is 44.2 Å². The second-order valence-electron chi connectivity index (χ2n) is 6.94. The summed E-state index contributed by atoms with van der Waals surface area (Å²) in [4.78, 5) is 14.6. The minimum absolute atomic E-state index is 0.0136. The van der Waals surface area contributed by atoms with E-state index in [9.17, 15) is 14.3 Å². The summed E-state index contributed by atoms with van der Waals surface area (Å²) in [5.41, 5.74) is 1.29. The first-order chi connectivity index (χ1) is 13.0. The van der Waals surface area contributed by atoms with E-state index < -0.39 is 6.10 Å². The summed E-state index contributed by atoms with van der Waals surface area (Å²) in [5, 5.41) is 10.3. The molecule has 1 aliphatic heterocycles. The third-order valence-corrected chi connectivity index (χ3v) is 4.89. The summed E-state index contributed by atoms with van der Waals surface area (Å²) >= 11 is 0. The highest BCUT2D eigenvalue weighted by Gasteiger charge is 2.24. The number of halogens is 1. The van der Waals surface area contributed by atoms with Gasteiger partial charge in [0.1, 0.15) is 30.8 Å². The van der Waals surface area contributed by atoms with E-state index in [1.54, 1.807) is 36.4 Å². The van der Waals surface area contributed by atoms with Crippen molar-refractivity contribution in [3.05, 3.63) is 59.9 Å². The Kier molecular flexibility index (Phi) is 6.42. The number of hydrogen-bond donors (Lipinski definition) is 2. The number of carbonyl (C=O) groups excluding carboxylic acids is 1. The molecule has 1 heterocycles. The number of para-hydroxylation sites is 1. The smallest absolute Gasteiger partial charge is 0.159 e. The van der Waals surface area contributed by atoms with Crippen LogP contribution in [0.15, 0.2) is 48.5 Å². The molecule has 6 heteroatoms. The molecule has 2 N–H and O–H groups in total. The highest BCUT2D eigenvalue weighted by molar-refractivity contribution is 5.94. The lowest BCUT2D eigenvalue weighted by Crippen LogP contribution is -3.16. The number of benzene rings is 2. The highest BCUT2D eigenvalue weighted by Crippen LogP contribution is 2.18. The Bertz CT molecular complexity index is 758. The molecule has 0 bridgehead atoms. The van der Waals surface area contributed by atoms with Gasteiger partial charge in [-0.3, -0.25) is 4.79 Å². The number of ketones is 1. The largest absolute Gasteiger partial charge is 0.491 e. The lowest BCUT2D eigenvalue weighted by Gasteiger charge is -2.34. The Balaban J connectivity index is 1.42.